The molecule has 1 aliphatic heterocycles. The third-order valence-corrected chi connectivity index (χ3v) is 2.50. The van der Waals surface area contributed by atoms with E-state index in [4.69, 9.17) is 9.47 Å². The van der Waals surface area contributed by atoms with Crippen LogP contribution in [0, 0.1) is 0 Å². The van der Waals surface area contributed by atoms with Crippen molar-refractivity contribution >= 4 is 17.7 Å². The highest BCUT2D eigenvalue weighted by Crippen LogP contribution is 2.18. The summed E-state index contributed by atoms with van der Waals surface area (Å²) in [5, 5.41) is 0. The van der Waals surface area contributed by atoms with Gasteiger partial charge in [-0.1, -0.05) is 0 Å². The molecule has 0 aromatic carbocycles. The van der Waals surface area contributed by atoms with Gasteiger partial charge >= 0.3 is 5.97 Å². The maximum absolute atomic E-state index is 10.5. The average molecular weight is 176 g/mol. The van der Waals surface area contributed by atoms with Gasteiger partial charge in [-0.2, -0.15) is 11.8 Å². The Balaban J connectivity index is 2.28. The molecule has 11 heavy (non-hydrogen) atoms. The zero-order valence-electron chi connectivity index (χ0n) is 6.70. The number of rotatable bonds is 1. The molecule has 0 radical (unpaired) electrons. The molecule has 1 aliphatic rings. The molecule has 0 N–H and O–H groups in total. The highest BCUT2D eigenvalue weighted by molar-refractivity contribution is 7.99. The molecule has 64 valence electrons. The van der Waals surface area contributed by atoms with Crippen LogP contribution in [0.2, 0.25) is 0 Å². The summed E-state index contributed by atoms with van der Waals surface area (Å²) in [5.74, 6) is 1.46. The van der Waals surface area contributed by atoms with E-state index in [1.54, 1.807) is 11.8 Å². The number of ether oxygens (including phenoxy) is 2. The minimum Gasteiger partial charge on any atom is -0.435 e. The van der Waals surface area contributed by atoms with Crippen molar-refractivity contribution in [2.45, 2.75) is 26.2 Å². The van der Waals surface area contributed by atoms with Crippen LogP contribution in [0.5, 0.6) is 0 Å². The lowest BCUT2D eigenvalue weighted by atomic mass is 10.4. The smallest absolute Gasteiger partial charge is 0.304 e. The standard InChI is InChI=1S/C7H12O3S/c1-5-3-11-4-7(9-5)10-6(2)8/h5,7H,3-4H2,1-2H3/t5-,7+/m0/s1. The normalized spacial score (nSPS) is 31.5. The van der Waals surface area contributed by atoms with Crippen molar-refractivity contribution in [1.82, 2.24) is 0 Å². The molecule has 1 heterocycles. The van der Waals surface area contributed by atoms with E-state index in [0.717, 1.165) is 11.5 Å². The summed E-state index contributed by atoms with van der Waals surface area (Å²) in [6.07, 6.45) is -0.139. The van der Waals surface area contributed by atoms with Crippen molar-refractivity contribution in [1.29, 1.82) is 0 Å². The molecule has 0 aromatic rings. The summed E-state index contributed by atoms with van der Waals surface area (Å²) >= 11 is 1.75. The van der Waals surface area contributed by atoms with E-state index in [0.29, 0.717) is 0 Å². The van der Waals surface area contributed by atoms with E-state index in [9.17, 15) is 4.79 Å². The quantitative estimate of drug-likeness (QED) is 0.559. The second kappa shape index (κ2) is 3.97. The van der Waals surface area contributed by atoms with Crippen molar-refractivity contribution in [3.63, 3.8) is 0 Å². The summed E-state index contributed by atoms with van der Waals surface area (Å²) in [4.78, 5) is 10.5. The summed E-state index contributed by atoms with van der Waals surface area (Å²) in [6, 6.07) is 0. The minimum atomic E-state index is -0.332. The number of thioether (sulfide) groups is 1. The first-order chi connectivity index (χ1) is 5.18. The summed E-state index contributed by atoms with van der Waals surface area (Å²) < 4.78 is 10.2. The first-order valence-corrected chi connectivity index (χ1v) is 4.74. The fraction of sp³-hybridized carbons (Fsp3) is 0.857. The Morgan fingerprint density at radius 3 is 2.91 bits per heavy atom. The van der Waals surface area contributed by atoms with Crippen LogP contribution in [0.25, 0.3) is 0 Å². The lowest BCUT2D eigenvalue weighted by Gasteiger charge is -2.26. The van der Waals surface area contributed by atoms with E-state index in [2.05, 4.69) is 0 Å². The monoisotopic (exact) mass is 176 g/mol. The van der Waals surface area contributed by atoms with Gasteiger partial charge < -0.3 is 9.47 Å². The maximum Gasteiger partial charge on any atom is 0.304 e. The highest BCUT2D eigenvalue weighted by atomic mass is 32.2. The van der Waals surface area contributed by atoms with Gasteiger partial charge in [-0.15, -0.1) is 0 Å². The highest BCUT2D eigenvalue weighted by Gasteiger charge is 2.21. The molecule has 0 amide bonds. The van der Waals surface area contributed by atoms with Crippen molar-refractivity contribution in [2.24, 2.45) is 0 Å². The minimum absolute atomic E-state index is 0.193. The Kier molecular flexibility index (Phi) is 3.20. The third kappa shape index (κ3) is 3.12. The molecular weight excluding hydrogens is 164 g/mol. The molecule has 0 saturated carbocycles. The van der Waals surface area contributed by atoms with Crippen LogP contribution in [0.4, 0.5) is 0 Å². The Labute approximate surface area is 70.4 Å². The first kappa shape index (κ1) is 8.87. The summed E-state index contributed by atoms with van der Waals surface area (Å²) in [5.41, 5.74) is 0. The first-order valence-electron chi connectivity index (χ1n) is 3.59. The van der Waals surface area contributed by atoms with E-state index < -0.39 is 0 Å². The van der Waals surface area contributed by atoms with Crippen LogP contribution in [0.1, 0.15) is 13.8 Å². The number of carbonyl (C=O) groups excluding carboxylic acids is 1. The van der Waals surface area contributed by atoms with Crippen molar-refractivity contribution in [3.8, 4) is 0 Å². The number of carbonyl (C=O) groups is 1. The van der Waals surface area contributed by atoms with Crippen LogP contribution >= 0.6 is 11.8 Å². The van der Waals surface area contributed by atoms with E-state index in [-0.39, 0.29) is 18.4 Å². The SMILES string of the molecule is CC(=O)O[C@@H]1CSC[C@H](C)O1. The molecule has 4 heteroatoms. The molecule has 2 atom stereocenters. The van der Waals surface area contributed by atoms with E-state index in [1.807, 2.05) is 6.92 Å². The number of hydrogen-bond donors (Lipinski definition) is 0. The predicted octanol–water partition coefficient (Wildman–Crippen LogP) is 1.03. The zero-order valence-corrected chi connectivity index (χ0v) is 7.52. The molecule has 0 aliphatic carbocycles. The van der Waals surface area contributed by atoms with Crippen LogP contribution in [0.15, 0.2) is 0 Å². The van der Waals surface area contributed by atoms with Gasteiger partial charge in [0.25, 0.3) is 0 Å². The Morgan fingerprint density at radius 1 is 1.64 bits per heavy atom. The average Bonchev–Trinajstić information content (AvgIpc) is 1.85. The number of hydrogen-bond acceptors (Lipinski definition) is 4. The van der Waals surface area contributed by atoms with Crippen LogP contribution < -0.4 is 0 Å². The maximum atomic E-state index is 10.5. The van der Waals surface area contributed by atoms with E-state index in [1.165, 1.54) is 6.92 Å². The summed E-state index contributed by atoms with van der Waals surface area (Å²) in [6.45, 7) is 3.37. The van der Waals surface area contributed by atoms with E-state index >= 15 is 0 Å². The second-order valence-corrected chi connectivity index (χ2v) is 3.60. The third-order valence-electron chi connectivity index (χ3n) is 1.29. The van der Waals surface area contributed by atoms with Gasteiger partial charge in [0.1, 0.15) is 0 Å². The largest absolute Gasteiger partial charge is 0.435 e. The van der Waals surface area contributed by atoms with Crippen LogP contribution in [-0.4, -0.2) is 29.9 Å². The van der Waals surface area contributed by atoms with Gasteiger partial charge in [0, 0.05) is 12.7 Å². The molecule has 0 spiro atoms. The molecule has 3 nitrogen and oxygen atoms in total. The second-order valence-electron chi connectivity index (χ2n) is 2.52. The predicted molar refractivity (Wildman–Crippen MR) is 43.4 cm³/mol. The van der Waals surface area contributed by atoms with Crippen molar-refractivity contribution < 1.29 is 14.3 Å². The molecular formula is C7H12O3S. The van der Waals surface area contributed by atoms with Gasteiger partial charge in [0.2, 0.25) is 6.29 Å². The molecule has 1 saturated heterocycles. The fourth-order valence-electron chi connectivity index (χ4n) is 0.915. The molecule has 0 bridgehead atoms. The lowest BCUT2D eigenvalue weighted by molar-refractivity contribution is -0.178. The molecule has 1 rings (SSSR count). The topological polar surface area (TPSA) is 35.5 Å². The summed E-state index contributed by atoms with van der Waals surface area (Å²) in [7, 11) is 0. The Hall–Kier alpha value is -0.220. The van der Waals surface area contributed by atoms with Gasteiger partial charge in [0.15, 0.2) is 0 Å². The fourth-order valence-corrected chi connectivity index (χ4v) is 1.80. The van der Waals surface area contributed by atoms with Gasteiger partial charge in [0.05, 0.1) is 11.9 Å². The van der Waals surface area contributed by atoms with Gasteiger partial charge in [-0.25, -0.2) is 0 Å². The lowest BCUT2D eigenvalue weighted by Crippen LogP contribution is -2.32. The van der Waals surface area contributed by atoms with Gasteiger partial charge in [-0.3, -0.25) is 4.79 Å². The Morgan fingerprint density at radius 2 is 2.36 bits per heavy atom. The van der Waals surface area contributed by atoms with Crippen LogP contribution in [-0.2, 0) is 14.3 Å². The Bertz CT molecular complexity index is 149. The van der Waals surface area contributed by atoms with Crippen LogP contribution in [0.3, 0.4) is 0 Å². The van der Waals surface area contributed by atoms with Gasteiger partial charge in [-0.05, 0) is 6.92 Å². The van der Waals surface area contributed by atoms with Crippen molar-refractivity contribution in [3.05, 3.63) is 0 Å². The zero-order chi connectivity index (χ0) is 8.27. The molecule has 0 unspecified atom stereocenters. The molecule has 0 aromatic heterocycles. The molecule has 1 fully saturated rings. The van der Waals surface area contributed by atoms with Crippen molar-refractivity contribution in [2.75, 3.05) is 11.5 Å². The number of esters is 1.